The Morgan fingerprint density at radius 3 is 2.62 bits per heavy atom. The minimum absolute atomic E-state index is 0.0198. The third-order valence-corrected chi connectivity index (χ3v) is 4.43. The predicted molar refractivity (Wildman–Crippen MR) is 98.0 cm³/mol. The first-order valence-electron chi connectivity index (χ1n) is 7.59. The molecule has 1 aromatic carbocycles. The number of carbonyl (C=O) groups is 2. The summed E-state index contributed by atoms with van der Waals surface area (Å²) in [7, 11) is 0. The fourth-order valence-electron chi connectivity index (χ4n) is 2.67. The van der Waals surface area contributed by atoms with Crippen molar-refractivity contribution in [3.05, 3.63) is 51.4 Å². The number of nitrogens with zero attached hydrogens (tertiary/aromatic N) is 3. The molecule has 7 nitrogen and oxygen atoms in total. The Bertz CT molecular complexity index is 1050. The van der Waals surface area contributed by atoms with E-state index in [4.69, 9.17) is 28.3 Å². The number of aryl methyl sites for hydroxylation is 1. The van der Waals surface area contributed by atoms with Gasteiger partial charge >= 0.3 is 6.09 Å². The van der Waals surface area contributed by atoms with Crippen LogP contribution in [0.4, 0.5) is 4.79 Å². The number of fused-ring (bicyclic) bond motifs is 1. The molecule has 134 valence electrons. The SMILES string of the molecule is CC(=O)c1cn2c(-c3ccc(Cl)cc3Cl)c(CNC(=O)O)c(C)nc2n1. The molecule has 2 N–H and O–H groups in total. The Hall–Kier alpha value is -2.64. The molecule has 9 heteroatoms. The van der Waals surface area contributed by atoms with Crippen molar-refractivity contribution in [3.8, 4) is 11.3 Å². The number of aromatic nitrogens is 3. The van der Waals surface area contributed by atoms with Gasteiger partial charge in [-0.1, -0.05) is 23.2 Å². The molecule has 0 spiro atoms. The number of benzene rings is 1. The summed E-state index contributed by atoms with van der Waals surface area (Å²) in [5, 5.41) is 12.2. The first-order valence-corrected chi connectivity index (χ1v) is 8.35. The summed E-state index contributed by atoms with van der Waals surface area (Å²) in [6, 6.07) is 5.01. The Kier molecular flexibility index (Phi) is 4.84. The van der Waals surface area contributed by atoms with Crippen LogP contribution in [0, 0.1) is 6.92 Å². The van der Waals surface area contributed by atoms with Gasteiger partial charge in [0.1, 0.15) is 5.69 Å². The average molecular weight is 393 g/mol. The number of Topliss-reactive ketones (excluding diaryl/α,β-unsaturated/α-hetero) is 1. The maximum absolute atomic E-state index is 11.7. The highest BCUT2D eigenvalue weighted by molar-refractivity contribution is 6.36. The number of carboxylic acid groups (broad SMARTS) is 1. The second-order valence-corrected chi connectivity index (χ2v) is 6.50. The molecule has 2 heterocycles. The predicted octanol–water partition coefficient (Wildman–Crippen LogP) is 3.98. The first kappa shape index (κ1) is 18.2. The summed E-state index contributed by atoms with van der Waals surface area (Å²) in [4.78, 5) is 31.3. The van der Waals surface area contributed by atoms with Crippen LogP contribution in [-0.2, 0) is 6.54 Å². The summed E-state index contributed by atoms with van der Waals surface area (Å²) in [6.45, 7) is 3.18. The Balaban J connectivity index is 2.35. The zero-order valence-electron chi connectivity index (χ0n) is 13.9. The van der Waals surface area contributed by atoms with Crippen LogP contribution in [-0.4, -0.2) is 31.4 Å². The molecule has 26 heavy (non-hydrogen) atoms. The summed E-state index contributed by atoms with van der Waals surface area (Å²) in [5.41, 5.74) is 2.68. The van der Waals surface area contributed by atoms with Crippen LogP contribution in [0.15, 0.2) is 24.4 Å². The number of hydrogen-bond donors (Lipinski definition) is 2. The molecule has 0 aliphatic heterocycles. The molecular formula is C17H14Cl2N4O3. The molecule has 2 aromatic heterocycles. The smallest absolute Gasteiger partial charge is 0.404 e. The van der Waals surface area contributed by atoms with E-state index < -0.39 is 6.09 Å². The number of nitrogens with one attached hydrogen (secondary N) is 1. The lowest BCUT2D eigenvalue weighted by Crippen LogP contribution is -2.22. The van der Waals surface area contributed by atoms with Crippen molar-refractivity contribution in [3.63, 3.8) is 0 Å². The normalized spacial score (nSPS) is 10.9. The number of rotatable bonds is 4. The number of halogens is 2. The van der Waals surface area contributed by atoms with Gasteiger partial charge in [0, 0.05) is 35.0 Å². The summed E-state index contributed by atoms with van der Waals surface area (Å²) < 4.78 is 1.64. The van der Waals surface area contributed by atoms with E-state index in [9.17, 15) is 9.59 Å². The molecule has 1 amide bonds. The monoisotopic (exact) mass is 392 g/mol. The van der Waals surface area contributed by atoms with Crippen LogP contribution in [0.1, 0.15) is 28.7 Å². The van der Waals surface area contributed by atoms with Crippen molar-refractivity contribution in [1.82, 2.24) is 19.7 Å². The van der Waals surface area contributed by atoms with Crippen molar-refractivity contribution < 1.29 is 14.7 Å². The molecule has 0 bridgehead atoms. The maximum atomic E-state index is 11.7. The van der Waals surface area contributed by atoms with Crippen molar-refractivity contribution in [1.29, 1.82) is 0 Å². The quantitative estimate of drug-likeness (QED) is 0.654. The van der Waals surface area contributed by atoms with Gasteiger partial charge in [-0.3, -0.25) is 9.20 Å². The van der Waals surface area contributed by atoms with E-state index in [1.807, 2.05) is 0 Å². The maximum Gasteiger partial charge on any atom is 0.404 e. The van der Waals surface area contributed by atoms with E-state index >= 15 is 0 Å². The fourth-order valence-corrected chi connectivity index (χ4v) is 3.17. The molecule has 0 fully saturated rings. The number of amides is 1. The first-order chi connectivity index (χ1) is 12.3. The summed E-state index contributed by atoms with van der Waals surface area (Å²) >= 11 is 12.4. The van der Waals surface area contributed by atoms with Crippen molar-refractivity contribution in [2.45, 2.75) is 20.4 Å². The minimum Gasteiger partial charge on any atom is -0.465 e. The van der Waals surface area contributed by atoms with Crippen LogP contribution >= 0.6 is 23.2 Å². The van der Waals surface area contributed by atoms with Gasteiger partial charge in [0.25, 0.3) is 0 Å². The zero-order chi connectivity index (χ0) is 19.0. The van der Waals surface area contributed by atoms with Crippen LogP contribution < -0.4 is 5.32 Å². The number of imidazole rings is 1. The van der Waals surface area contributed by atoms with E-state index in [1.54, 1.807) is 35.7 Å². The standard InChI is InChI=1S/C17H14Cl2N4O3/c1-8-12(6-20-17(25)26)15(11-4-3-10(18)5-13(11)19)23-7-14(9(2)24)22-16(23)21-8/h3-5,7,20H,6H2,1-2H3,(H,25,26). The summed E-state index contributed by atoms with van der Waals surface area (Å²) in [6.07, 6.45) is 0.405. The molecule has 0 saturated carbocycles. The fraction of sp³-hybridized carbons (Fsp3) is 0.176. The Morgan fingerprint density at radius 2 is 2.00 bits per heavy atom. The Morgan fingerprint density at radius 1 is 1.27 bits per heavy atom. The lowest BCUT2D eigenvalue weighted by atomic mass is 10.0. The van der Waals surface area contributed by atoms with Gasteiger partial charge in [-0.05, 0) is 25.1 Å². The van der Waals surface area contributed by atoms with Crippen molar-refractivity contribution in [2.75, 3.05) is 0 Å². The topological polar surface area (TPSA) is 96.6 Å². The van der Waals surface area contributed by atoms with Crippen LogP contribution in [0.2, 0.25) is 10.0 Å². The largest absolute Gasteiger partial charge is 0.465 e. The van der Waals surface area contributed by atoms with Gasteiger partial charge in [-0.2, -0.15) is 0 Å². The van der Waals surface area contributed by atoms with Gasteiger partial charge < -0.3 is 10.4 Å². The highest BCUT2D eigenvalue weighted by atomic mass is 35.5. The Labute approximate surface area is 158 Å². The van der Waals surface area contributed by atoms with Gasteiger partial charge in [0.2, 0.25) is 5.78 Å². The second kappa shape index (κ2) is 6.93. The molecular weight excluding hydrogens is 379 g/mol. The molecule has 0 aliphatic rings. The van der Waals surface area contributed by atoms with E-state index in [0.717, 1.165) is 0 Å². The average Bonchev–Trinajstić information content (AvgIpc) is 2.96. The molecule has 0 saturated heterocycles. The molecule has 3 aromatic rings. The van der Waals surface area contributed by atoms with Crippen LogP contribution in [0.5, 0.6) is 0 Å². The number of carbonyl (C=O) groups excluding carboxylic acids is 1. The van der Waals surface area contributed by atoms with Crippen LogP contribution in [0.3, 0.4) is 0 Å². The number of ketones is 1. The van der Waals surface area contributed by atoms with E-state index in [1.165, 1.54) is 6.92 Å². The van der Waals surface area contributed by atoms with Gasteiger partial charge in [0.05, 0.1) is 17.3 Å². The lowest BCUT2D eigenvalue weighted by molar-refractivity contribution is 0.101. The van der Waals surface area contributed by atoms with Gasteiger partial charge in [-0.15, -0.1) is 0 Å². The molecule has 0 atom stereocenters. The third kappa shape index (κ3) is 3.36. The number of hydrogen-bond acceptors (Lipinski definition) is 4. The molecule has 0 aliphatic carbocycles. The molecule has 0 radical (unpaired) electrons. The zero-order valence-corrected chi connectivity index (χ0v) is 15.4. The molecule has 0 unspecified atom stereocenters. The van der Waals surface area contributed by atoms with Crippen molar-refractivity contribution in [2.24, 2.45) is 0 Å². The second-order valence-electron chi connectivity index (χ2n) is 5.66. The van der Waals surface area contributed by atoms with Crippen molar-refractivity contribution >= 4 is 40.9 Å². The minimum atomic E-state index is -1.16. The highest BCUT2D eigenvalue weighted by Gasteiger charge is 2.20. The van der Waals surface area contributed by atoms with Gasteiger partial charge in [-0.25, -0.2) is 14.8 Å². The lowest BCUT2D eigenvalue weighted by Gasteiger charge is -2.16. The van der Waals surface area contributed by atoms with Crippen LogP contribution in [0.25, 0.3) is 17.0 Å². The van der Waals surface area contributed by atoms with E-state index in [2.05, 4.69) is 15.3 Å². The molecule has 3 rings (SSSR count). The van der Waals surface area contributed by atoms with E-state index in [-0.39, 0.29) is 18.0 Å². The highest BCUT2D eigenvalue weighted by Crippen LogP contribution is 2.34. The van der Waals surface area contributed by atoms with Gasteiger partial charge in [0.15, 0.2) is 5.78 Å². The van der Waals surface area contributed by atoms with E-state index in [0.29, 0.717) is 38.3 Å². The summed E-state index contributed by atoms with van der Waals surface area (Å²) in [5.74, 6) is 0.124. The third-order valence-electron chi connectivity index (χ3n) is 3.88.